The van der Waals surface area contributed by atoms with Gasteiger partial charge in [0.15, 0.2) is 10.7 Å². The number of thiocarbonyl (C=S) groups is 1. The lowest BCUT2D eigenvalue weighted by atomic mass is 9.98. The second-order valence-electron chi connectivity index (χ2n) is 9.46. The van der Waals surface area contributed by atoms with Crippen LogP contribution in [-0.2, 0) is 6.61 Å². The molecule has 6 nitrogen and oxygen atoms in total. The van der Waals surface area contributed by atoms with Gasteiger partial charge in [-0.05, 0) is 84.2 Å². The van der Waals surface area contributed by atoms with Gasteiger partial charge in [0.25, 0.3) is 5.91 Å². The van der Waals surface area contributed by atoms with Gasteiger partial charge in [0, 0.05) is 11.1 Å². The number of halogens is 1. The largest absolute Gasteiger partial charge is 0.489 e. The normalized spacial score (nSPS) is 11.7. The number of aromatic nitrogens is 1. The number of hydrogen-bond acceptors (Lipinski definition) is 5. The lowest BCUT2D eigenvalue weighted by Crippen LogP contribution is -2.34. The van der Waals surface area contributed by atoms with Gasteiger partial charge in [-0.25, -0.2) is 4.98 Å². The van der Waals surface area contributed by atoms with E-state index in [1.165, 1.54) is 5.56 Å². The third kappa shape index (κ3) is 6.50. The number of amides is 1. The number of ether oxygens (including phenoxy) is 1. The number of carbonyl (C=O) groups excluding carboxylic acids is 1. The minimum atomic E-state index is -0.369. The van der Waals surface area contributed by atoms with Gasteiger partial charge in [0.1, 0.15) is 17.9 Å². The minimum Gasteiger partial charge on any atom is -0.489 e. The molecule has 1 aromatic heterocycles. The van der Waals surface area contributed by atoms with Crippen LogP contribution in [-0.4, -0.2) is 16.0 Å². The van der Waals surface area contributed by atoms with Crippen molar-refractivity contribution in [2.45, 2.75) is 32.8 Å². The van der Waals surface area contributed by atoms with Gasteiger partial charge >= 0.3 is 0 Å². The van der Waals surface area contributed by atoms with Crippen LogP contribution >= 0.6 is 23.8 Å². The number of anilines is 1. The quantitative estimate of drug-likeness (QED) is 0.183. The monoisotopic (exact) mass is 569 g/mol. The Labute approximate surface area is 243 Å². The average Bonchev–Trinajstić information content (AvgIpc) is 3.41. The lowest BCUT2D eigenvalue weighted by Gasteiger charge is -2.12. The molecule has 0 saturated heterocycles. The smallest absolute Gasteiger partial charge is 0.257 e. The van der Waals surface area contributed by atoms with Crippen LogP contribution in [0.25, 0.3) is 22.6 Å². The maximum atomic E-state index is 12.9. The number of nitrogens with one attached hydrogen (secondary N) is 2. The molecule has 8 heteroatoms. The molecule has 40 heavy (non-hydrogen) atoms. The molecule has 1 amide bonds. The number of rotatable bonds is 8. The third-order valence-electron chi connectivity index (χ3n) is 6.63. The van der Waals surface area contributed by atoms with Gasteiger partial charge < -0.3 is 14.5 Å². The molecule has 0 aliphatic carbocycles. The minimum absolute atomic E-state index is 0.107. The molecule has 0 aliphatic heterocycles. The SMILES string of the molecule is CCC(C)c1ccc2oc(-c3ccc(Cl)c(NC(=S)NC(=O)c4cccc(OCc5ccccc5)c4)c3)nc2c1. The molecule has 1 unspecified atom stereocenters. The lowest BCUT2D eigenvalue weighted by molar-refractivity contribution is 0.0977. The van der Waals surface area contributed by atoms with Crippen molar-refractivity contribution in [3.63, 3.8) is 0 Å². The van der Waals surface area contributed by atoms with E-state index in [1.807, 2.05) is 42.5 Å². The van der Waals surface area contributed by atoms with Crippen LogP contribution in [0, 0.1) is 0 Å². The molecule has 1 atom stereocenters. The summed E-state index contributed by atoms with van der Waals surface area (Å²) in [7, 11) is 0. The summed E-state index contributed by atoms with van der Waals surface area (Å²) in [5.41, 5.74) is 5.44. The first kappa shape index (κ1) is 27.4. The Morgan fingerprint density at radius 1 is 1.02 bits per heavy atom. The van der Waals surface area contributed by atoms with Crippen LogP contribution in [0.4, 0.5) is 5.69 Å². The first-order valence-corrected chi connectivity index (χ1v) is 13.8. The molecule has 1 heterocycles. The summed E-state index contributed by atoms with van der Waals surface area (Å²) in [6.45, 7) is 4.76. The molecule has 202 valence electrons. The average molecular weight is 570 g/mol. The summed E-state index contributed by atoms with van der Waals surface area (Å²) in [6.07, 6.45) is 1.05. The number of benzene rings is 4. The Hall–Kier alpha value is -4.20. The van der Waals surface area contributed by atoms with Gasteiger partial charge in [-0.15, -0.1) is 0 Å². The maximum Gasteiger partial charge on any atom is 0.257 e. The van der Waals surface area contributed by atoms with Crippen LogP contribution in [0.15, 0.2) is 95.4 Å². The topological polar surface area (TPSA) is 76.4 Å². The number of nitrogens with zero attached hydrogens (tertiary/aromatic N) is 1. The highest BCUT2D eigenvalue weighted by Gasteiger charge is 2.15. The van der Waals surface area contributed by atoms with Crippen molar-refractivity contribution in [2.75, 3.05) is 5.32 Å². The third-order valence-corrected chi connectivity index (χ3v) is 7.16. The van der Waals surface area contributed by atoms with Crippen molar-refractivity contribution >= 4 is 51.6 Å². The molecule has 0 fully saturated rings. The zero-order valence-electron chi connectivity index (χ0n) is 22.1. The van der Waals surface area contributed by atoms with Crippen LogP contribution < -0.4 is 15.4 Å². The van der Waals surface area contributed by atoms with E-state index in [0.29, 0.717) is 46.0 Å². The molecule has 5 rings (SSSR count). The fourth-order valence-electron chi connectivity index (χ4n) is 4.16. The Morgan fingerprint density at radius 2 is 1.85 bits per heavy atom. The van der Waals surface area contributed by atoms with Crippen molar-refractivity contribution in [3.8, 4) is 17.2 Å². The standard InChI is InChI=1S/C32H28ClN3O3S/c1-3-20(2)22-13-15-29-28(17-22)34-31(39-29)24-12-14-26(33)27(18-24)35-32(40)36-30(37)23-10-7-11-25(16-23)38-19-21-8-5-4-6-9-21/h4-18,20H,3,19H2,1-2H3,(H2,35,36,37,40). The summed E-state index contributed by atoms with van der Waals surface area (Å²) in [5.74, 6) is 1.13. The zero-order chi connectivity index (χ0) is 28.1. The van der Waals surface area contributed by atoms with Crippen molar-refractivity contribution in [3.05, 3.63) is 113 Å². The summed E-state index contributed by atoms with van der Waals surface area (Å²) in [5, 5.41) is 6.26. The van der Waals surface area contributed by atoms with Gasteiger partial charge in [-0.3, -0.25) is 10.1 Å². The Kier molecular flexibility index (Phi) is 8.43. The van der Waals surface area contributed by atoms with Crippen LogP contribution in [0.1, 0.15) is 47.7 Å². The Bertz CT molecular complexity index is 1670. The highest BCUT2D eigenvalue weighted by atomic mass is 35.5. The van der Waals surface area contributed by atoms with Gasteiger partial charge in [0.2, 0.25) is 5.89 Å². The summed E-state index contributed by atoms with van der Waals surface area (Å²) < 4.78 is 11.8. The number of fused-ring (bicyclic) bond motifs is 1. The van der Waals surface area contributed by atoms with Gasteiger partial charge in [0.05, 0.1) is 10.7 Å². The Morgan fingerprint density at radius 3 is 2.65 bits per heavy atom. The van der Waals surface area contributed by atoms with Crippen LogP contribution in [0.3, 0.4) is 0 Å². The first-order valence-electron chi connectivity index (χ1n) is 13.0. The molecule has 4 aromatic carbocycles. The van der Waals surface area contributed by atoms with Gasteiger partial charge in [-0.1, -0.05) is 67.9 Å². The second-order valence-corrected chi connectivity index (χ2v) is 10.3. The van der Waals surface area contributed by atoms with Crippen molar-refractivity contribution < 1.29 is 13.9 Å². The van der Waals surface area contributed by atoms with E-state index < -0.39 is 0 Å². The molecule has 2 N–H and O–H groups in total. The predicted molar refractivity (Wildman–Crippen MR) is 164 cm³/mol. The van der Waals surface area contributed by atoms with Crippen molar-refractivity contribution in [1.29, 1.82) is 0 Å². The highest BCUT2D eigenvalue weighted by molar-refractivity contribution is 7.80. The molecular formula is C32H28ClN3O3S. The molecule has 0 radical (unpaired) electrons. The number of carbonyl (C=O) groups is 1. The number of hydrogen-bond donors (Lipinski definition) is 2. The Balaban J connectivity index is 1.26. The summed E-state index contributed by atoms with van der Waals surface area (Å²) in [6, 6.07) is 28.2. The van der Waals surface area contributed by atoms with E-state index in [4.69, 9.17) is 33.0 Å². The molecular weight excluding hydrogens is 542 g/mol. The first-order chi connectivity index (χ1) is 19.4. The predicted octanol–water partition coefficient (Wildman–Crippen LogP) is 8.37. The molecule has 5 aromatic rings. The second kappa shape index (κ2) is 12.3. The highest BCUT2D eigenvalue weighted by Crippen LogP contribution is 2.32. The summed E-state index contributed by atoms with van der Waals surface area (Å²) in [4.78, 5) is 17.6. The van der Waals surface area contributed by atoms with Crippen molar-refractivity contribution in [2.24, 2.45) is 0 Å². The molecule has 0 saturated carbocycles. The van der Waals surface area contributed by atoms with E-state index in [9.17, 15) is 4.79 Å². The van der Waals surface area contributed by atoms with E-state index in [0.717, 1.165) is 23.1 Å². The van der Waals surface area contributed by atoms with Gasteiger partial charge in [-0.2, -0.15) is 0 Å². The van der Waals surface area contributed by atoms with E-state index >= 15 is 0 Å². The van der Waals surface area contributed by atoms with E-state index in [-0.39, 0.29) is 11.0 Å². The fourth-order valence-corrected chi connectivity index (χ4v) is 4.53. The van der Waals surface area contributed by atoms with Crippen molar-refractivity contribution in [1.82, 2.24) is 10.3 Å². The molecule has 0 aliphatic rings. The summed E-state index contributed by atoms with van der Waals surface area (Å²) >= 11 is 11.8. The number of oxazole rings is 1. The van der Waals surface area contributed by atoms with Crippen LogP contribution in [0.5, 0.6) is 5.75 Å². The van der Waals surface area contributed by atoms with Crippen LogP contribution in [0.2, 0.25) is 5.02 Å². The maximum absolute atomic E-state index is 12.9. The zero-order valence-corrected chi connectivity index (χ0v) is 23.7. The van der Waals surface area contributed by atoms with E-state index in [1.54, 1.807) is 36.4 Å². The van der Waals surface area contributed by atoms with E-state index in [2.05, 4.69) is 41.6 Å². The molecule has 0 spiro atoms. The fraction of sp³-hybridized carbons (Fsp3) is 0.156. The molecule has 0 bridgehead atoms.